The molecule has 2 aromatic rings. The van der Waals surface area contributed by atoms with Crippen molar-refractivity contribution < 1.29 is 13.2 Å². The third kappa shape index (κ3) is 5.04. The maximum Gasteiger partial charge on any atom is 0.244 e. The van der Waals surface area contributed by atoms with Gasteiger partial charge in [0.15, 0.2) is 0 Å². The van der Waals surface area contributed by atoms with Crippen LogP contribution in [0.1, 0.15) is 20.8 Å². The summed E-state index contributed by atoms with van der Waals surface area (Å²) in [4.78, 5) is 16.4. The quantitative estimate of drug-likeness (QED) is 0.799. The van der Waals surface area contributed by atoms with Crippen molar-refractivity contribution in [1.29, 1.82) is 0 Å². The first-order valence-electron chi connectivity index (χ1n) is 7.88. The molecule has 1 N–H and O–H groups in total. The molecule has 0 radical (unpaired) electrons. The molecule has 0 atom stereocenters. The van der Waals surface area contributed by atoms with E-state index in [0.717, 1.165) is 10.6 Å². The number of aromatic nitrogens is 1. The normalized spacial score (nSPS) is 11.5. The predicted octanol–water partition coefficient (Wildman–Crippen LogP) is 3.22. The third-order valence-electron chi connectivity index (χ3n) is 3.45. The first kappa shape index (κ1) is 19.4. The highest BCUT2D eigenvalue weighted by Crippen LogP contribution is 2.28. The average molecular weight is 380 g/mol. The number of nitrogens with zero attached hydrogens (tertiary/aromatic N) is 2. The smallest absolute Gasteiger partial charge is 0.244 e. The molecular formula is C17H21N3O3S2. The lowest BCUT2D eigenvalue weighted by molar-refractivity contribution is -0.114. The van der Waals surface area contributed by atoms with E-state index in [4.69, 9.17) is 0 Å². The average Bonchev–Trinajstić information content (AvgIpc) is 2.57. The number of hydrogen-bond donors (Lipinski definition) is 1. The van der Waals surface area contributed by atoms with E-state index in [0.29, 0.717) is 18.1 Å². The van der Waals surface area contributed by atoms with E-state index in [1.54, 1.807) is 12.1 Å². The van der Waals surface area contributed by atoms with E-state index in [9.17, 15) is 13.2 Å². The number of hydrogen-bond acceptors (Lipinski definition) is 5. The van der Waals surface area contributed by atoms with Crippen LogP contribution in [-0.4, -0.2) is 36.7 Å². The van der Waals surface area contributed by atoms with Crippen LogP contribution in [-0.2, 0) is 14.8 Å². The molecule has 6 nitrogen and oxygen atoms in total. The van der Waals surface area contributed by atoms with Gasteiger partial charge >= 0.3 is 0 Å². The lowest BCUT2D eigenvalue weighted by Crippen LogP contribution is -2.30. The van der Waals surface area contributed by atoms with Gasteiger partial charge in [-0.25, -0.2) is 13.4 Å². The van der Waals surface area contributed by atoms with Crippen molar-refractivity contribution >= 4 is 33.4 Å². The van der Waals surface area contributed by atoms with Gasteiger partial charge in [-0.05, 0) is 36.4 Å². The van der Waals surface area contributed by atoms with Crippen molar-refractivity contribution in [3.63, 3.8) is 0 Å². The summed E-state index contributed by atoms with van der Waals surface area (Å²) in [6.45, 7) is 5.93. The highest BCUT2D eigenvalue weighted by Gasteiger charge is 2.21. The Morgan fingerprint density at radius 1 is 1.12 bits per heavy atom. The Labute approximate surface area is 152 Å². The van der Waals surface area contributed by atoms with E-state index >= 15 is 0 Å². The number of carbonyl (C=O) groups excluding carboxylic acids is 1. The Balaban J connectivity index is 2.11. The fraction of sp³-hybridized carbons (Fsp3) is 0.294. The first-order chi connectivity index (χ1) is 11.9. The molecule has 2 rings (SSSR count). The molecule has 0 fully saturated rings. The predicted molar refractivity (Wildman–Crippen MR) is 99.2 cm³/mol. The summed E-state index contributed by atoms with van der Waals surface area (Å²) in [5.41, 5.74) is 0.727. The van der Waals surface area contributed by atoms with Gasteiger partial charge in [-0.2, -0.15) is 4.31 Å². The second-order valence-electron chi connectivity index (χ2n) is 5.23. The van der Waals surface area contributed by atoms with Gasteiger partial charge in [0, 0.05) is 36.8 Å². The van der Waals surface area contributed by atoms with E-state index < -0.39 is 10.0 Å². The van der Waals surface area contributed by atoms with E-state index in [1.165, 1.54) is 29.2 Å². The Morgan fingerprint density at radius 2 is 1.76 bits per heavy atom. The van der Waals surface area contributed by atoms with Gasteiger partial charge in [-0.1, -0.05) is 25.6 Å². The monoisotopic (exact) mass is 379 g/mol. The fourth-order valence-electron chi connectivity index (χ4n) is 2.22. The molecule has 8 heteroatoms. The van der Waals surface area contributed by atoms with Crippen LogP contribution in [0.2, 0.25) is 0 Å². The van der Waals surface area contributed by atoms with Crippen LogP contribution >= 0.6 is 11.8 Å². The zero-order chi connectivity index (χ0) is 18.4. The zero-order valence-corrected chi connectivity index (χ0v) is 16.0. The molecule has 0 saturated carbocycles. The summed E-state index contributed by atoms with van der Waals surface area (Å²) in [6, 6.07) is 10.6. The van der Waals surface area contributed by atoms with Gasteiger partial charge in [0.25, 0.3) is 0 Å². The molecule has 0 aliphatic rings. The van der Waals surface area contributed by atoms with Crippen molar-refractivity contribution in [2.24, 2.45) is 0 Å². The van der Waals surface area contributed by atoms with Crippen molar-refractivity contribution in [2.45, 2.75) is 35.6 Å². The van der Waals surface area contributed by atoms with Gasteiger partial charge in [0.1, 0.15) is 9.92 Å². The molecule has 1 amide bonds. The van der Waals surface area contributed by atoms with Crippen LogP contribution in [0, 0.1) is 0 Å². The number of rotatable bonds is 7. The summed E-state index contributed by atoms with van der Waals surface area (Å²) < 4.78 is 26.3. The molecule has 0 aliphatic heterocycles. The van der Waals surface area contributed by atoms with Crippen LogP contribution in [0.25, 0.3) is 0 Å². The Kier molecular flexibility index (Phi) is 6.57. The van der Waals surface area contributed by atoms with E-state index in [2.05, 4.69) is 10.3 Å². The van der Waals surface area contributed by atoms with Crippen LogP contribution in [0.3, 0.4) is 0 Å². The highest BCUT2D eigenvalue weighted by molar-refractivity contribution is 7.99. The number of sulfonamides is 1. The largest absolute Gasteiger partial charge is 0.326 e. The minimum absolute atomic E-state index is 0.118. The van der Waals surface area contributed by atoms with Gasteiger partial charge in [0.05, 0.1) is 0 Å². The molecule has 134 valence electrons. The fourth-order valence-corrected chi connectivity index (χ4v) is 4.38. The number of pyridine rings is 1. The lowest BCUT2D eigenvalue weighted by Gasteiger charge is -2.18. The van der Waals surface area contributed by atoms with Crippen molar-refractivity contribution in [1.82, 2.24) is 9.29 Å². The summed E-state index contributed by atoms with van der Waals surface area (Å²) >= 11 is 1.42. The maximum absolute atomic E-state index is 12.4. The molecule has 0 bridgehead atoms. The minimum atomic E-state index is -3.49. The second kappa shape index (κ2) is 8.46. The van der Waals surface area contributed by atoms with Gasteiger partial charge in [-0.3, -0.25) is 4.79 Å². The van der Waals surface area contributed by atoms with E-state index in [1.807, 2.05) is 38.1 Å². The number of amides is 1. The molecule has 0 aliphatic carbocycles. The van der Waals surface area contributed by atoms with Crippen LogP contribution in [0.15, 0.2) is 57.4 Å². The summed E-state index contributed by atoms with van der Waals surface area (Å²) in [5, 5.41) is 3.41. The summed E-state index contributed by atoms with van der Waals surface area (Å²) in [5.74, 6) is -0.118. The number of carbonyl (C=O) groups is 1. The van der Waals surface area contributed by atoms with Gasteiger partial charge < -0.3 is 5.32 Å². The zero-order valence-electron chi connectivity index (χ0n) is 14.4. The molecule has 0 saturated heterocycles. The number of benzene rings is 1. The van der Waals surface area contributed by atoms with Crippen LogP contribution < -0.4 is 5.32 Å². The highest BCUT2D eigenvalue weighted by atomic mass is 32.2. The molecule has 1 heterocycles. The van der Waals surface area contributed by atoms with Gasteiger partial charge in [0.2, 0.25) is 15.9 Å². The van der Waals surface area contributed by atoms with Crippen LogP contribution in [0.5, 0.6) is 0 Å². The van der Waals surface area contributed by atoms with Crippen molar-refractivity contribution in [2.75, 3.05) is 18.4 Å². The molecule has 0 spiro atoms. The summed E-state index contributed by atoms with van der Waals surface area (Å²) in [7, 11) is -3.49. The van der Waals surface area contributed by atoms with Crippen molar-refractivity contribution in [3.05, 3.63) is 42.6 Å². The summed E-state index contributed by atoms with van der Waals surface area (Å²) in [6.07, 6.45) is 1.39. The lowest BCUT2D eigenvalue weighted by atomic mass is 10.3. The standard InChI is InChI=1S/C17H21N3O3S2/c1-4-20(5-2)25(22,23)16-10-11-17(18-12-16)24-15-8-6-14(7-9-15)19-13(3)21/h6-12H,4-5H2,1-3H3,(H,19,21). The molecule has 1 aromatic carbocycles. The molecule has 25 heavy (non-hydrogen) atoms. The SMILES string of the molecule is CCN(CC)S(=O)(=O)c1ccc(Sc2ccc(NC(C)=O)cc2)nc1. The Bertz CT molecular complexity index is 815. The second-order valence-corrected chi connectivity index (χ2v) is 8.26. The van der Waals surface area contributed by atoms with Crippen molar-refractivity contribution in [3.8, 4) is 0 Å². The number of anilines is 1. The third-order valence-corrected chi connectivity index (χ3v) is 6.44. The first-order valence-corrected chi connectivity index (χ1v) is 10.1. The molecular weight excluding hydrogens is 358 g/mol. The van der Waals surface area contributed by atoms with Crippen LogP contribution in [0.4, 0.5) is 5.69 Å². The Morgan fingerprint density at radius 3 is 2.24 bits per heavy atom. The topological polar surface area (TPSA) is 79.4 Å². The molecule has 0 unspecified atom stereocenters. The minimum Gasteiger partial charge on any atom is -0.326 e. The van der Waals surface area contributed by atoms with Gasteiger partial charge in [-0.15, -0.1) is 0 Å². The maximum atomic E-state index is 12.4. The molecule has 1 aromatic heterocycles. The Hall–Kier alpha value is -1.90. The van der Waals surface area contributed by atoms with E-state index in [-0.39, 0.29) is 10.8 Å². The number of nitrogens with one attached hydrogen (secondary N) is 1.